The van der Waals surface area contributed by atoms with Gasteiger partial charge in [-0.15, -0.1) is 0 Å². The first-order chi connectivity index (χ1) is 10.8. The minimum Gasteiger partial charge on any atom is -0.492 e. The van der Waals surface area contributed by atoms with Crippen molar-refractivity contribution in [3.05, 3.63) is 28.2 Å². The number of esters is 2. The van der Waals surface area contributed by atoms with Gasteiger partial charge in [0.15, 0.2) is 0 Å². The molecule has 1 aromatic carbocycles. The molecule has 0 radical (unpaired) electrons. The van der Waals surface area contributed by atoms with E-state index in [2.05, 4.69) is 0 Å². The summed E-state index contributed by atoms with van der Waals surface area (Å²) in [5, 5.41) is 0.748. The van der Waals surface area contributed by atoms with E-state index >= 15 is 0 Å². The van der Waals surface area contributed by atoms with Gasteiger partial charge in [0.05, 0.1) is 11.6 Å². The van der Waals surface area contributed by atoms with Gasteiger partial charge in [-0.1, -0.05) is 43.1 Å². The highest BCUT2D eigenvalue weighted by atomic mass is 35.5. The van der Waals surface area contributed by atoms with E-state index in [0.717, 1.165) is 0 Å². The number of benzene rings is 1. The third-order valence-electron chi connectivity index (χ3n) is 3.46. The summed E-state index contributed by atoms with van der Waals surface area (Å²) in [6.07, 6.45) is -0.277. The largest absolute Gasteiger partial charge is 0.492 e. The third-order valence-corrected chi connectivity index (χ3v) is 4.26. The Morgan fingerprint density at radius 3 is 2.78 bits per heavy atom. The van der Waals surface area contributed by atoms with Gasteiger partial charge in [-0.2, -0.15) is 0 Å². The molecule has 1 saturated heterocycles. The van der Waals surface area contributed by atoms with Gasteiger partial charge in [-0.25, -0.2) is 4.79 Å². The van der Waals surface area contributed by atoms with Crippen molar-refractivity contribution in [2.75, 3.05) is 13.2 Å². The lowest BCUT2D eigenvalue weighted by Crippen LogP contribution is -2.34. The van der Waals surface area contributed by atoms with Gasteiger partial charge in [0.2, 0.25) is 6.10 Å². The highest BCUT2D eigenvalue weighted by molar-refractivity contribution is 6.42. The first-order valence-electron chi connectivity index (χ1n) is 7.24. The van der Waals surface area contributed by atoms with Crippen LogP contribution in [-0.4, -0.2) is 31.3 Å². The molecule has 1 aromatic rings. The molecule has 23 heavy (non-hydrogen) atoms. The molecule has 0 unspecified atom stereocenters. The van der Waals surface area contributed by atoms with E-state index < -0.39 is 23.5 Å². The molecule has 126 valence electrons. The summed E-state index contributed by atoms with van der Waals surface area (Å²) in [6.45, 7) is 4.17. The monoisotopic (exact) mass is 360 g/mol. The van der Waals surface area contributed by atoms with Crippen LogP contribution in [0.25, 0.3) is 0 Å². The van der Waals surface area contributed by atoms with E-state index in [1.165, 1.54) is 0 Å². The van der Waals surface area contributed by atoms with Crippen molar-refractivity contribution in [3.63, 3.8) is 0 Å². The Balaban J connectivity index is 1.75. The van der Waals surface area contributed by atoms with Crippen LogP contribution in [0.3, 0.4) is 0 Å². The van der Waals surface area contributed by atoms with Crippen LogP contribution in [0.1, 0.15) is 26.7 Å². The van der Waals surface area contributed by atoms with Crippen molar-refractivity contribution in [3.8, 4) is 5.75 Å². The Bertz CT molecular complexity index is 600. The summed E-state index contributed by atoms with van der Waals surface area (Å²) in [6, 6.07) is 5.09. The van der Waals surface area contributed by atoms with E-state index in [9.17, 15) is 9.59 Å². The first kappa shape index (κ1) is 17.9. The van der Waals surface area contributed by atoms with Crippen LogP contribution >= 0.6 is 23.2 Å². The quantitative estimate of drug-likeness (QED) is 0.572. The number of carbonyl (C=O) groups is 2. The fraction of sp³-hybridized carbons (Fsp3) is 0.500. The highest BCUT2D eigenvalue weighted by Crippen LogP contribution is 2.32. The van der Waals surface area contributed by atoms with E-state index in [-0.39, 0.29) is 19.6 Å². The number of hydrogen-bond donors (Lipinski definition) is 0. The standard InChI is InChI=1S/C16H18Cl2O5/c1-16(2)9-22-15(20)14(16)23-12(19)7-4-8-21-11-6-3-5-10(17)13(11)18/h3,5-6,14H,4,7-9H2,1-2H3/t14-/m0/s1. The lowest BCUT2D eigenvalue weighted by molar-refractivity contribution is -0.163. The van der Waals surface area contributed by atoms with Crippen molar-refractivity contribution < 1.29 is 23.8 Å². The second-order valence-corrected chi connectivity index (χ2v) is 6.76. The molecule has 0 N–H and O–H groups in total. The molecule has 0 spiro atoms. The smallest absolute Gasteiger partial charge is 0.348 e. The predicted octanol–water partition coefficient (Wildman–Crippen LogP) is 3.65. The van der Waals surface area contributed by atoms with Crippen LogP contribution in [0.4, 0.5) is 0 Å². The molecule has 0 bridgehead atoms. The Morgan fingerprint density at radius 1 is 1.39 bits per heavy atom. The predicted molar refractivity (Wildman–Crippen MR) is 85.8 cm³/mol. The average molecular weight is 361 g/mol. The molecule has 1 fully saturated rings. The van der Waals surface area contributed by atoms with Gasteiger partial charge in [-0.05, 0) is 18.6 Å². The second-order valence-electron chi connectivity index (χ2n) is 5.97. The number of ether oxygens (including phenoxy) is 3. The zero-order valence-corrected chi connectivity index (χ0v) is 14.4. The van der Waals surface area contributed by atoms with Gasteiger partial charge in [0.1, 0.15) is 17.4 Å². The molecule has 5 nitrogen and oxygen atoms in total. The topological polar surface area (TPSA) is 61.8 Å². The second kappa shape index (κ2) is 7.41. The summed E-state index contributed by atoms with van der Waals surface area (Å²) in [4.78, 5) is 23.4. The fourth-order valence-electron chi connectivity index (χ4n) is 2.12. The lowest BCUT2D eigenvalue weighted by Gasteiger charge is -2.21. The molecule has 7 heteroatoms. The van der Waals surface area contributed by atoms with Crippen LogP contribution < -0.4 is 4.74 Å². The maximum absolute atomic E-state index is 11.8. The number of carbonyl (C=O) groups excluding carboxylic acids is 2. The van der Waals surface area contributed by atoms with E-state index in [4.69, 9.17) is 37.4 Å². The molecule has 0 aromatic heterocycles. The normalized spacial score (nSPS) is 19.3. The van der Waals surface area contributed by atoms with Gasteiger partial charge in [-0.3, -0.25) is 4.79 Å². The van der Waals surface area contributed by atoms with Crippen molar-refractivity contribution in [2.45, 2.75) is 32.8 Å². The average Bonchev–Trinajstić information content (AvgIpc) is 2.74. The van der Waals surface area contributed by atoms with Crippen molar-refractivity contribution in [1.82, 2.24) is 0 Å². The van der Waals surface area contributed by atoms with Gasteiger partial charge < -0.3 is 14.2 Å². The molecular formula is C16H18Cl2O5. The minimum atomic E-state index is -0.849. The minimum absolute atomic E-state index is 0.137. The maximum atomic E-state index is 11.8. The SMILES string of the molecule is CC1(C)COC(=O)[C@@H]1OC(=O)CCCOc1cccc(Cl)c1Cl. The summed E-state index contributed by atoms with van der Waals surface area (Å²) in [5.41, 5.74) is -0.502. The van der Waals surface area contributed by atoms with Crippen molar-refractivity contribution in [1.29, 1.82) is 0 Å². The Morgan fingerprint density at radius 2 is 2.13 bits per heavy atom. The molecule has 0 saturated carbocycles. The first-order valence-corrected chi connectivity index (χ1v) is 8.00. The Hall–Kier alpha value is -1.46. The van der Waals surface area contributed by atoms with Crippen LogP contribution in [-0.2, 0) is 19.1 Å². The highest BCUT2D eigenvalue weighted by Gasteiger charge is 2.46. The van der Waals surface area contributed by atoms with E-state index in [1.54, 1.807) is 18.2 Å². The fourth-order valence-corrected chi connectivity index (χ4v) is 2.47. The third kappa shape index (κ3) is 4.52. The summed E-state index contributed by atoms with van der Waals surface area (Å²) in [7, 11) is 0. The molecular weight excluding hydrogens is 343 g/mol. The number of rotatable bonds is 6. The van der Waals surface area contributed by atoms with E-state index in [1.807, 2.05) is 13.8 Å². The molecule has 0 aliphatic carbocycles. The Kier molecular flexibility index (Phi) is 5.76. The zero-order valence-electron chi connectivity index (χ0n) is 12.9. The number of halogens is 2. The van der Waals surface area contributed by atoms with Crippen molar-refractivity contribution in [2.24, 2.45) is 5.41 Å². The maximum Gasteiger partial charge on any atom is 0.348 e. The van der Waals surface area contributed by atoms with Crippen molar-refractivity contribution >= 4 is 35.1 Å². The van der Waals surface area contributed by atoms with Crippen LogP contribution in [0, 0.1) is 5.41 Å². The molecule has 1 heterocycles. The summed E-state index contributed by atoms with van der Waals surface area (Å²) >= 11 is 11.9. The van der Waals surface area contributed by atoms with Crippen LogP contribution in [0.15, 0.2) is 18.2 Å². The Labute approximate surface area is 144 Å². The summed E-state index contributed by atoms with van der Waals surface area (Å²) < 4.78 is 15.6. The molecule has 0 amide bonds. The van der Waals surface area contributed by atoms with E-state index in [0.29, 0.717) is 22.2 Å². The lowest BCUT2D eigenvalue weighted by atomic mass is 9.90. The molecule has 1 atom stereocenters. The molecule has 1 aliphatic heterocycles. The van der Waals surface area contributed by atoms with Crippen LogP contribution in [0.2, 0.25) is 10.0 Å². The van der Waals surface area contributed by atoms with Crippen LogP contribution in [0.5, 0.6) is 5.75 Å². The van der Waals surface area contributed by atoms with Gasteiger partial charge in [0, 0.05) is 11.8 Å². The number of cyclic esters (lactones) is 1. The summed E-state index contributed by atoms with van der Waals surface area (Å²) in [5.74, 6) is -0.485. The number of hydrogen-bond acceptors (Lipinski definition) is 5. The van der Waals surface area contributed by atoms with Gasteiger partial charge >= 0.3 is 11.9 Å². The molecule has 2 rings (SSSR count). The van der Waals surface area contributed by atoms with Gasteiger partial charge in [0.25, 0.3) is 0 Å². The zero-order chi connectivity index (χ0) is 17.0. The molecule has 1 aliphatic rings.